The number of carbonyl (C=O) groups is 1. The molecule has 1 aliphatic rings. The van der Waals surface area contributed by atoms with Gasteiger partial charge >= 0.3 is 5.69 Å². The molecule has 1 aromatic heterocycles. The van der Waals surface area contributed by atoms with Crippen LogP contribution in [0.4, 0.5) is 0 Å². The van der Waals surface area contributed by atoms with Gasteiger partial charge in [-0.1, -0.05) is 12.1 Å². The SMILES string of the molecule is C[C@H]1C[C@@H](C(=O)NCCn2c(=O)[nH]c3ccccc32)CCN1. The van der Waals surface area contributed by atoms with Gasteiger partial charge in [0.05, 0.1) is 11.0 Å². The number of amides is 1. The lowest BCUT2D eigenvalue weighted by Gasteiger charge is -2.27. The lowest BCUT2D eigenvalue weighted by atomic mass is 9.92. The minimum atomic E-state index is -0.133. The van der Waals surface area contributed by atoms with Gasteiger partial charge < -0.3 is 15.6 Å². The van der Waals surface area contributed by atoms with Crippen molar-refractivity contribution in [2.75, 3.05) is 13.1 Å². The van der Waals surface area contributed by atoms with Gasteiger partial charge in [-0.15, -0.1) is 0 Å². The molecule has 1 aromatic carbocycles. The van der Waals surface area contributed by atoms with E-state index in [1.54, 1.807) is 4.57 Å². The van der Waals surface area contributed by atoms with Gasteiger partial charge in [-0.05, 0) is 38.4 Å². The van der Waals surface area contributed by atoms with E-state index in [-0.39, 0.29) is 17.5 Å². The fourth-order valence-corrected chi connectivity index (χ4v) is 3.13. The normalized spacial score (nSPS) is 21.9. The van der Waals surface area contributed by atoms with Crippen LogP contribution in [0.2, 0.25) is 0 Å². The van der Waals surface area contributed by atoms with Crippen molar-refractivity contribution in [1.82, 2.24) is 20.2 Å². The molecule has 1 saturated heterocycles. The van der Waals surface area contributed by atoms with Crippen LogP contribution in [0.5, 0.6) is 0 Å². The third kappa shape index (κ3) is 3.06. The molecule has 22 heavy (non-hydrogen) atoms. The van der Waals surface area contributed by atoms with Crippen molar-refractivity contribution < 1.29 is 4.79 Å². The molecule has 2 aromatic rings. The number of para-hydroxylation sites is 2. The molecule has 3 rings (SSSR count). The average molecular weight is 302 g/mol. The summed E-state index contributed by atoms with van der Waals surface area (Å²) in [6.07, 6.45) is 1.75. The smallest absolute Gasteiger partial charge is 0.326 e. The summed E-state index contributed by atoms with van der Waals surface area (Å²) in [5, 5.41) is 6.31. The zero-order valence-corrected chi connectivity index (χ0v) is 12.8. The van der Waals surface area contributed by atoms with E-state index in [1.807, 2.05) is 24.3 Å². The second-order valence-corrected chi connectivity index (χ2v) is 5.97. The molecule has 0 saturated carbocycles. The first-order valence-electron chi connectivity index (χ1n) is 7.84. The van der Waals surface area contributed by atoms with E-state index >= 15 is 0 Å². The zero-order chi connectivity index (χ0) is 15.5. The zero-order valence-electron chi connectivity index (χ0n) is 12.8. The average Bonchev–Trinajstić information content (AvgIpc) is 2.83. The maximum absolute atomic E-state index is 12.2. The van der Waals surface area contributed by atoms with Crippen LogP contribution in [-0.4, -0.2) is 34.6 Å². The Balaban J connectivity index is 1.59. The van der Waals surface area contributed by atoms with Crippen LogP contribution in [0.25, 0.3) is 11.0 Å². The third-order valence-corrected chi connectivity index (χ3v) is 4.31. The van der Waals surface area contributed by atoms with E-state index in [2.05, 4.69) is 22.5 Å². The number of rotatable bonds is 4. The van der Waals surface area contributed by atoms with E-state index in [9.17, 15) is 9.59 Å². The van der Waals surface area contributed by atoms with Crippen LogP contribution in [0.15, 0.2) is 29.1 Å². The Labute approximate surface area is 128 Å². The van der Waals surface area contributed by atoms with E-state index in [4.69, 9.17) is 0 Å². The highest BCUT2D eigenvalue weighted by molar-refractivity contribution is 5.79. The predicted octanol–water partition coefficient (Wildman–Crippen LogP) is 0.834. The second kappa shape index (κ2) is 6.36. The molecule has 0 spiro atoms. The number of nitrogens with one attached hydrogen (secondary N) is 3. The van der Waals surface area contributed by atoms with Crippen LogP contribution in [0, 0.1) is 5.92 Å². The molecule has 0 aliphatic carbocycles. The molecule has 1 amide bonds. The maximum Gasteiger partial charge on any atom is 0.326 e. The largest absolute Gasteiger partial charge is 0.354 e. The first kappa shape index (κ1) is 14.8. The number of aromatic amines is 1. The Bertz CT molecular complexity index is 718. The number of hydrogen-bond donors (Lipinski definition) is 3. The molecule has 2 atom stereocenters. The number of benzene rings is 1. The van der Waals surface area contributed by atoms with E-state index in [0.29, 0.717) is 19.1 Å². The summed E-state index contributed by atoms with van der Waals surface area (Å²) in [6, 6.07) is 7.97. The molecular weight excluding hydrogens is 280 g/mol. The molecule has 0 radical (unpaired) electrons. The number of fused-ring (bicyclic) bond motifs is 1. The van der Waals surface area contributed by atoms with Crippen LogP contribution < -0.4 is 16.3 Å². The van der Waals surface area contributed by atoms with Gasteiger partial charge in [-0.3, -0.25) is 9.36 Å². The molecule has 3 N–H and O–H groups in total. The van der Waals surface area contributed by atoms with Crippen LogP contribution in [0.1, 0.15) is 19.8 Å². The van der Waals surface area contributed by atoms with Gasteiger partial charge in [0.1, 0.15) is 0 Å². The van der Waals surface area contributed by atoms with Gasteiger partial charge in [0.25, 0.3) is 0 Å². The van der Waals surface area contributed by atoms with Crippen molar-refractivity contribution in [3.63, 3.8) is 0 Å². The van der Waals surface area contributed by atoms with Crippen molar-refractivity contribution in [3.05, 3.63) is 34.7 Å². The van der Waals surface area contributed by atoms with Crippen LogP contribution in [0.3, 0.4) is 0 Å². The number of piperidine rings is 1. The van der Waals surface area contributed by atoms with E-state index < -0.39 is 0 Å². The molecule has 118 valence electrons. The minimum Gasteiger partial charge on any atom is -0.354 e. The summed E-state index contributed by atoms with van der Waals surface area (Å²) in [5.41, 5.74) is 1.56. The van der Waals surface area contributed by atoms with Gasteiger partial charge in [0, 0.05) is 25.0 Å². The Kier molecular flexibility index (Phi) is 4.29. The summed E-state index contributed by atoms with van der Waals surface area (Å²) < 4.78 is 1.67. The summed E-state index contributed by atoms with van der Waals surface area (Å²) in [4.78, 5) is 27.0. The lowest BCUT2D eigenvalue weighted by molar-refractivity contribution is -0.126. The minimum absolute atomic E-state index is 0.0796. The number of H-pyrrole nitrogens is 1. The monoisotopic (exact) mass is 302 g/mol. The van der Waals surface area contributed by atoms with E-state index in [0.717, 1.165) is 30.4 Å². The Morgan fingerprint density at radius 2 is 2.23 bits per heavy atom. The van der Waals surface area contributed by atoms with Crippen LogP contribution in [-0.2, 0) is 11.3 Å². The molecule has 6 nitrogen and oxygen atoms in total. The molecule has 1 fully saturated rings. The topological polar surface area (TPSA) is 78.9 Å². The third-order valence-electron chi connectivity index (χ3n) is 4.31. The highest BCUT2D eigenvalue weighted by atomic mass is 16.2. The fraction of sp³-hybridized carbons (Fsp3) is 0.500. The molecule has 2 heterocycles. The van der Waals surface area contributed by atoms with E-state index in [1.165, 1.54) is 0 Å². The highest BCUT2D eigenvalue weighted by Gasteiger charge is 2.24. The maximum atomic E-state index is 12.2. The lowest BCUT2D eigenvalue weighted by Crippen LogP contribution is -2.43. The van der Waals surface area contributed by atoms with Gasteiger partial charge in [0.15, 0.2) is 0 Å². The summed E-state index contributed by atoms with van der Waals surface area (Å²) in [7, 11) is 0. The highest BCUT2D eigenvalue weighted by Crippen LogP contribution is 2.15. The van der Waals surface area contributed by atoms with Gasteiger partial charge in [-0.2, -0.15) is 0 Å². The standard InChI is InChI=1S/C16H22N4O2/c1-11-10-12(6-7-17-11)15(21)18-8-9-20-14-5-3-2-4-13(14)19-16(20)22/h2-5,11-12,17H,6-10H2,1H3,(H,18,21)(H,19,22)/t11-,12-/m0/s1. The van der Waals surface area contributed by atoms with Crippen molar-refractivity contribution in [1.29, 1.82) is 0 Å². The summed E-state index contributed by atoms with van der Waals surface area (Å²) in [6.45, 7) is 3.94. The molecule has 0 unspecified atom stereocenters. The van der Waals surface area contributed by atoms with Crippen molar-refractivity contribution >= 4 is 16.9 Å². The Hall–Kier alpha value is -2.08. The number of hydrogen-bond acceptors (Lipinski definition) is 3. The molecule has 0 bridgehead atoms. The summed E-state index contributed by atoms with van der Waals surface area (Å²) >= 11 is 0. The first-order valence-corrected chi connectivity index (χ1v) is 7.84. The van der Waals surface area contributed by atoms with Crippen LogP contribution >= 0.6 is 0 Å². The number of aromatic nitrogens is 2. The van der Waals surface area contributed by atoms with Gasteiger partial charge in [0.2, 0.25) is 5.91 Å². The Morgan fingerprint density at radius 1 is 1.41 bits per heavy atom. The molecule has 1 aliphatic heterocycles. The first-order chi connectivity index (χ1) is 10.6. The fourth-order valence-electron chi connectivity index (χ4n) is 3.13. The van der Waals surface area contributed by atoms with Gasteiger partial charge in [-0.25, -0.2) is 4.79 Å². The number of carbonyl (C=O) groups excluding carboxylic acids is 1. The van der Waals surface area contributed by atoms with Crippen molar-refractivity contribution in [2.24, 2.45) is 5.92 Å². The molecular formula is C16H22N4O2. The quantitative estimate of drug-likeness (QED) is 0.783. The molecule has 6 heteroatoms. The number of nitrogens with zero attached hydrogens (tertiary/aromatic N) is 1. The van der Waals surface area contributed by atoms with Crippen molar-refractivity contribution in [3.8, 4) is 0 Å². The summed E-state index contributed by atoms with van der Waals surface area (Å²) in [5.74, 6) is 0.178. The predicted molar refractivity (Wildman–Crippen MR) is 85.8 cm³/mol. The second-order valence-electron chi connectivity index (χ2n) is 5.97. The number of imidazole rings is 1. The Morgan fingerprint density at radius 3 is 3.05 bits per heavy atom. The van der Waals surface area contributed by atoms with Crippen molar-refractivity contribution in [2.45, 2.75) is 32.4 Å².